The van der Waals surface area contributed by atoms with Crippen LogP contribution in [0.2, 0.25) is 0 Å². The summed E-state index contributed by atoms with van der Waals surface area (Å²) < 4.78 is 9.92. The van der Waals surface area contributed by atoms with Gasteiger partial charge in [0, 0.05) is 17.7 Å². The van der Waals surface area contributed by atoms with E-state index in [4.69, 9.17) is 9.47 Å². The predicted molar refractivity (Wildman–Crippen MR) is 56.1 cm³/mol. The normalized spacial score (nSPS) is 17.9. The van der Waals surface area contributed by atoms with Gasteiger partial charge >= 0.3 is 5.97 Å². The molecule has 1 aliphatic rings. The van der Waals surface area contributed by atoms with Crippen molar-refractivity contribution in [2.75, 3.05) is 19.5 Å². The second-order valence-corrected chi connectivity index (χ2v) is 3.41. The molecule has 1 atom stereocenters. The van der Waals surface area contributed by atoms with Gasteiger partial charge in [-0.1, -0.05) is 6.07 Å². The van der Waals surface area contributed by atoms with E-state index in [0.29, 0.717) is 6.42 Å². The van der Waals surface area contributed by atoms with Crippen molar-refractivity contribution in [1.82, 2.24) is 0 Å². The van der Waals surface area contributed by atoms with E-state index in [1.165, 1.54) is 7.11 Å². The summed E-state index contributed by atoms with van der Waals surface area (Å²) in [4.78, 5) is 11.4. The number of carbonyl (C=O) groups excluding carboxylic acids is 1. The molecule has 1 aromatic rings. The predicted octanol–water partition coefficient (Wildman–Crippen LogP) is 1.20. The van der Waals surface area contributed by atoms with Crippen molar-refractivity contribution in [3.63, 3.8) is 0 Å². The first kappa shape index (κ1) is 9.83. The number of anilines is 1. The monoisotopic (exact) mass is 207 g/mol. The van der Waals surface area contributed by atoms with Crippen molar-refractivity contribution in [3.05, 3.63) is 23.8 Å². The van der Waals surface area contributed by atoms with Crippen molar-refractivity contribution in [2.45, 2.75) is 12.5 Å². The van der Waals surface area contributed by atoms with E-state index in [1.807, 2.05) is 18.2 Å². The van der Waals surface area contributed by atoms with Crippen LogP contribution in [-0.2, 0) is 16.0 Å². The highest BCUT2D eigenvalue weighted by atomic mass is 16.5. The van der Waals surface area contributed by atoms with Gasteiger partial charge in [0.05, 0.1) is 14.2 Å². The second-order valence-electron chi connectivity index (χ2n) is 3.41. The first-order valence-corrected chi connectivity index (χ1v) is 4.76. The Balaban J connectivity index is 2.26. The molecule has 0 saturated heterocycles. The lowest BCUT2D eigenvalue weighted by Gasteiger charge is -2.07. The zero-order valence-electron chi connectivity index (χ0n) is 8.74. The highest BCUT2D eigenvalue weighted by molar-refractivity contribution is 5.83. The van der Waals surface area contributed by atoms with Crippen LogP contribution >= 0.6 is 0 Å². The van der Waals surface area contributed by atoms with E-state index in [1.54, 1.807) is 7.11 Å². The van der Waals surface area contributed by atoms with Crippen LogP contribution in [0.5, 0.6) is 5.75 Å². The minimum Gasteiger partial charge on any atom is -0.496 e. The number of esters is 1. The third-order valence-corrected chi connectivity index (χ3v) is 2.58. The number of nitrogens with one attached hydrogen (secondary N) is 1. The molecule has 0 aromatic heterocycles. The van der Waals surface area contributed by atoms with Gasteiger partial charge in [0.25, 0.3) is 0 Å². The van der Waals surface area contributed by atoms with Crippen LogP contribution in [0, 0.1) is 0 Å². The van der Waals surface area contributed by atoms with Crippen molar-refractivity contribution in [3.8, 4) is 5.75 Å². The topological polar surface area (TPSA) is 47.6 Å². The number of hydrogen-bond acceptors (Lipinski definition) is 4. The molecule has 15 heavy (non-hydrogen) atoms. The molecule has 0 amide bonds. The molecule has 4 heteroatoms. The van der Waals surface area contributed by atoms with E-state index in [-0.39, 0.29) is 12.0 Å². The van der Waals surface area contributed by atoms with Crippen LogP contribution in [0.25, 0.3) is 0 Å². The van der Waals surface area contributed by atoms with E-state index in [2.05, 4.69) is 5.32 Å². The summed E-state index contributed by atoms with van der Waals surface area (Å²) >= 11 is 0. The lowest BCUT2D eigenvalue weighted by atomic mass is 10.1. The van der Waals surface area contributed by atoms with Crippen molar-refractivity contribution >= 4 is 11.7 Å². The molecule has 1 heterocycles. The summed E-state index contributed by atoms with van der Waals surface area (Å²) in [6.45, 7) is 0. The Morgan fingerprint density at radius 3 is 2.93 bits per heavy atom. The van der Waals surface area contributed by atoms with E-state index in [9.17, 15) is 4.79 Å². The van der Waals surface area contributed by atoms with Gasteiger partial charge in [0.1, 0.15) is 11.8 Å². The van der Waals surface area contributed by atoms with Crippen LogP contribution in [-0.4, -0.2) is 26.2 Å². The van der Waals surface area contributed by atoms with Crippen LogP contribution in [0.3, 0.4) is 0 Å². The van der Waals surface area contributed by atoms with Gasteiger partial charge in [-0.25, -0.2) is 4.79 Å². The Hall–Kier alpha value is -1.71. The zero-order valence-corrected chi connectivity index (χ0v) is 8.74. The molecule has 0 fully saturated rings. The molecule has 1 N–H and O–H groups in total. The summed E-state index contributed by atoms with van der Waals surface area (Å²) in [5, 5.41) is 3.11. The van der Waals surface area contributed by atoms with Gasteiger partial charge in [0.15, 0.2) is 0 Å². The molecule has 0 spiro atoms. The summed E-state index contributed by atoms with van der Waals surface area (Å²) in [7, 11) is 3.02. The van der Waals surface area contributed by atoms with Crippen molar-refractivity contribution < 1.29 is 14.3 Å². The van der Waals surface area contributed by atoms with Gasteiger partial charge in [-0.05, 0) is 12.1 Å². The number of hydrogen-bond donors (Lipinski definition) is 1. The lowest BCUT2D eigenvalue weighted by molar-refractivity contribution is -0.141. The Labute approximate surface area is 88.2 Å². The van der Waals surface area contributed by atoms with Gasteiger partial charge in [-0.2, -0.15) is 0 Å². The zero-order chi connectivity index (χ0) is 10.8. The van der Waals surface area contributed by atoms with E-state index < -0.39 is 0 Å². The summed E-state index contributed by atoms with van der Waals surface area (Å²) in [6, 6.07) is 5.42. The fraction of sp³-hybridized carbons (Fsp3) is 0.364. The number of rotatable bonds is 2. The Morgan fingerprint density at radius 2 is 2.27 bits per heavy atom. The molecular weight excluding hydrogens is 194 g/mol. The molecular formula is C11H13NO3. The van der Waals surface area contributed by atoms with Crippen molar-refractivity contribution in [1.29, 1.82) is 0 Å². The molecule has 0 unspecified atom stereocenters. The van der Waals surface area contributed by atoms with Crippen LogP contribution in [0.1, 0.15) is 5.56 Å². The largest absolute Gasteiger partial charge is 0.496 e. The quantitative estimate of drug-likeness (QED) is 0.740. The van der Waals surface area contributed by atoms with Gasteiger partial charge in [-0.15, -0.1) is 0 Å². The van der Waals surface area contributed by atoms with E-state index in [0.717, 1.165) is 17.0 Å². The maximum Gasteiger partial charge on any atom is 0.328 e. The maximum absolute atomic E-state index is 11.4. The maximum atomic E-state index is 11.4. The number of ether oxygens (including phenoxy) is 2. The summed E-state index contributed by atoms with van der Waals surface area (Å²) in [6.07, 6.45) is 0.617. The average Bonchev–Trinajstić information content (AvgIpc) is 2.71. The fourth-order valence-corrected chi connectivity index (χ4v) is 1.83. The fourth-order valence-electron chi connectivity index (χ4n) is 1.83. The van der Waals surface area contributed by atoms with Crippen molar-refractivity contribution in [2.24, 2.45) is 0 Å². The molecule has 0 aliphatic carbocycles. The number of fused-ring (bicyclic) bond motifs is 1. The summed E-state index contributed by atoms with van der Waals surface area (Å²) in [5.74, 6) is 0.569. The van der Waals surface area contributed by atoms with Crippen LogP contribution < -0.4 is 10.1 Å². The molecule has 1 aliphatic heterocycles. The highest BCUT2D eigenvalue weighted by Gasteiger charge is 2.29. The molecule has 2 rings (SSSR count). The Morgan fingerprint density at radius 1 is 1.47 bits per heavy atom. The smallest absolute Gasteiger partial charge is 0.328 e. The standard InChI is InChI=1S/C11H13NO3/c1-14-10-5-3-4-8-7(10)6-9(12-8)11(13)15-2/h3-5,9,12H,6H2,1-2H3/t9-/m0/s1. The van der Waals surface area contributed by atoms with Gasteiger partial charge < -0.3 is 14.8 Å². The van der Waals surface area contributed by atoms with Gasteiger partial charge in [0.2, 0.25) is 0 Å². The van der Waals surface area contributed by atoms with Gasteiger partial charge in [-0.3, -0.25) is 0 Å². The SMILES string of the molecule is COC(=O)[C@@H]1Cc2c(cccc2OC)N1. The first-order chi connectivity index (χ1) is 7.26. The molecule has 0 bridgehead atoms. The molecule has 0 saturated carbocycles. The second kappa shape index (κ2) is 3.81. The molecule has 80 valence electrons. The summed E-state index contributed by atoms with van der Waals surface area (Å²) in [5.41, 5.74) is 1.99. The minimum atomic E-state index is -0.290. The minimum absolute atomic E-state index is 0.242. The third-order valence-electron chi connectivity index (χ3n) is 2.58. The number of methoxy groups -OCH3 is 2. The van der Waals surface area contributed by atoms with Crippen LogP contribution in [0.4, 0.5) is 5.69 Å². The third kappa shape index (κ3) is 1.63. The molecule has 0 radical (unpaired) electrons. The van der Waals surface area contributed by atoms with Crippen LogP contribution in [0.15, 0.2) is 18.2 Å². The number of carbonyl (C=O) groups is 1. The lowest BCUT2D eigenvalue weighted by Crippen LogP contribution is -2.27. The molecule has 4 nitrogen and oxygen atoms in total. The molecule has 1 aromatic carbocycles. The number of benzene rings is 1. The van der Waals surface area contributed by atoms with E-state index >= 15 is 0 Å². The highest BCUT2D eigenvalue weighted by Crippen LogP contribution is 2.33. The Kier molecular flexibility index (Phi) is 2.49. The Bertz CT molecular complexity index is 389. The first-order valence-electron chi connectivity index (χ1n) is 4.76. The average molecular weight is 207 g/mol.